The summed E-state index contributed by atoms with van der Waals surface area (Å²) in [5.41, 5.74) is 5.87. The van der Waals surface area contributed by atoms with E-state index in [0.717, 1.165) is 30.7 Å². The fraction of sp³-hybridized carbons (Fsp3) is 0.929. The fourth-order valence-electron chi connectivity index (χ4n) is 3.60. The van der Waals surface area contributed by atoms with Gasteiger partial charge in [0.2, 0.25) is 5.91 Å². The minimum atomic E-state index is -0.325. The Morgan fingerprint density at radius 1 is 1.35 bits per heavy atom. The molecule has 0 aromatic rings. The van der Waals surface area contributed by atoms with E-state index in [1.807, 2.05) is 0 Å². The Labute approximate surface area is 105 Å². The number of hydrogen-bond donors (Lipinski definition) is 2. The molecule has 0 radical (unpaired) electrons. The van der Waals surface area contributed by atoms with Gasteiger partial charge in [-0.3, -0.25) is 4.79 Å². The summed E-state index contributed by atoms with van der Waals surface area (Å²) in [6, 6.07) is -0.325. The summed E-state index contributed by atoms with van der Waals surface area (Å²) in [6.45, 7) is 5.05. The van der Waals surface area contributed by atoms with Gasteiger partial charge in [0, 0.05) is 6.54 Å². The van der Waals surface area contributed by atoms with Crippen LogP contribution < -0.4 is 11.1 Å². The van der Waals surface area contributed by atoms with Crippen molar-refractivity contribution in [3.8, 4) is 0 Å². The van der Waals surface area contributed by atoms with E-state index in [1.54, 1.807) is 0 Å². The van der Waals surface area contributed by atoms with Crippen molar-refractivity contribution >= 4 is 5.91 Å². The Hall–Kier alpha value is -0.570. The van der Waals surface area contributed by atoms with Crippen LogP contribution in [0.5, 0.6) is 0 Å². The molecular weight excluding hydrogens is 212 g/mol. The van der Waals surface area contributed by atoms with Gasteiger partial charge in [-0.05, 0) is 49.4 Å². The molecule has 2 aliphatic rings. The molecule has 2 rings (SSSR count). The summed E-state index contributed by atoms with van der Waals surface area (Å²) < 4.78 is 0. The molecule has 3 heteroatoms. The van der Waals surface area contributed by atoms with E-state index in [-0.39, 0.29) is 11.9 Å². The van der Waals surface area contributed by atoms with Gasteiger partial charge in [-0.2, -0.15) is 0 Å². The predicted octanol–water partition coefficient (Wildman–Crippen LogP) is 1.91. The van der Waals surface area contributed by atoms with Gasteiger partial charge < -0.3 is 11.1 Å². The van der Waals surface area contributed by atoms with Crippen molar-refractivity contribution in [2.75, 3.05) is 6.54 Å². The lowest BCUT2D eigenvalue weighted by atomic mass is 9.89. The third-order valence-corrected chi connectivity index (χ3v) is 4.49. The third kappa shape index (κ3) is 3.21. The van der Waals surface area contributed by atoms with Crippen LogP contribution in [0.25, 0.3) is 0 Å². The molecule has 2 fully saturated rings. The van der Waals surface area contributed by atoms with Gasteiger partial charge in [-0.1, -0.05) is 20.3 Å². The van der Waals surface area contributed by atoms with Crippen LogP contribution in [0.4, 0.5) is 0 Å². The van der Waals surface area contributed by atoms with E-state index in [1.165, 1.54) is 25.7 Å². The number of carbonyl (C=O) groups excluding carboxylic acids is 1. The van der Waals surface area contributed by atoms with E-state index < -0.39 is 0 Å². The van der Waals surface area contributed by atoms with Crippen molar-refractivity contribution in [3.63, 3.8) is 0 Å². The molecule has 4 atom stereocenters. The molecule has 3 unspecified atom stereocenters. The second kappa shape index (κ2) is 5.38. The first-order valence-electron chi connectivity index (χ1n) is 7.09. The maximum Gasteiger partial charge on any atom is 0.236 e. The van der Waals surface area contributed by atoms with Crippen LogP contribution in [-0.4, -0.2) is 18.5 Å². The first-order chi connectivity index (χ1) is 8.06. The summed E-state index contributed by atoms with van der Waals surface area (Å²) in [6.07, 6.45) is 6.30. The number of fused-ring (bicyclic) bond motifs is 2. The fourth-order valence-corrected chi connectivity index (χ4v) is 3.60. The molecule has 2 aliphatic carbocycles. The van der Waals surface area contributed by atoms with Gasteiger partial charge in [0.05, 0.1) is 6.04 Å². The first-order valence-corrected chi connectivity index (χ1v) is 7.09. The van der Waals surface area contributed by atoms with Gasteiger partial charge in [-0.25, -0.2) is 0 Å². The average molecular weight is 238 g/mol. The van der Waals surface area contributed by atoms with E-state index in [9.17, 15) is 4.79 Å². The predicted molar refractivity (Wildman–Crippen MR) is 69.4 cm³/mol. The summed E-state index contributed by atoms with van der Waals surface area (Å²) in [5.74, 6) is 3.08. The number of carbonyl (C=O) groups is 1. The van der Waals surface area contributed by atoms with Crippen molar-refractivity contribution in [2.45, 2.75) is 52.0 Å². The number of hydrogen-bond acceptors (Lipinski definition) is 2. The van der Waals surface area contributed by atoms with E-state index in [4.69, 9.17) is 5.73 Å². The van der Waals surface area contributed by atoms with E-state index in [2.05, 4.69) is 19.2 Å². The average Bonchev–Trinajstić information content (AvgIpc) is 2.86. The van der Waals surface area contributed by atoms with Crippen LogP contribution in [-0.2, 0) is 4.79 Å². The van der Waals surface area contributed by atoms with Crippen molar-refractivity contribution < 1.29 is 4.79 Å². The molecule has 17 heavy (non-hydrogen) atoms. The number of nitrogens with two attached hydrogens (primary N) is 1. The normalized spacial score (nSPS) is 33.1. The molecule has 98 valence electrons. The minimum Gasteiger partial charge on any atom is -0.354 e. The molecule has 3 N–H and O–H groups in total. The number of amides is 1. The molecule has 0 aromatic heterocycles. The topological polar surface area (TPSA) is 55.1 Å². The second-order valence-electron chi connectivity index (χ2n) is 6.42. The highest BCUT2D eigenvalue weighted by Gasteiger charge is 2.39. The zero-order chi connectivity index (χ0) is 12.4. The van der Waals surface area contributed by atoms with Crippen LogP contribution >= 0.6 is 0 Å². The molecule has 0 saturated heterocycles. The molecule has 0 spiro atoms. The van der Waals surface area contributed by atoms with Crippen molar-refractivity contribution in [1.82, 2.24) is 5.32 Å². The molecular formula is C14H26N2O. The summed E-state index contributed by atoms with van der Waals surface area (Å²) >= 11 is 0. The molecule has 0 heterocycles. The zero-order valence-electron chi connectivity index (χ0n) is 11.1. The lowest BCUT2D eigenvalue weighted by Crippen LogP contribution is -2.43. The van der Waals surface area contributed by atoms with Gasteiger partial charge in [0.15, 0.2) is 0 Å². The summed E-state index contributed by atoms with van der Waals surface area (Å²) in [7, 11) is 0. The molecule has 2 bridgehead atoms. The smallest absolute Gasteiger partial charge is 0.236 e. The highest BCUT2D eigenvalue weighted by molar-refractivity contribution is 5.81. The zero-order valence-corrected chi connectivity index (χ0v) is 11.1. The maximum atomic E-state index is 11.8. The van der Waals surface area contributed by atoms with Crippen LogP contribution in [0, 0.1) is 23.7 Å². The van der Waals surface area contributed by atoms with Crippen molar-refractivity contribution in [1.29, 1.82) is 0 Å². The molecule has 0 aromatic carbocycles. The SMILES string of the molecule is CC(C)C[C@H](N)C(=O)NCC1CC2CCC1C2. The molecule has 0 aliphatic heterocycles. The van der Waals surface area contributed by atoms with Crippen LogP contribution in [0.2, 0.25) is 0 Å². The maximum absolute atomic E-state index is 11.8. The standard InChI is InChI=1S/C14H26N2O/c1-9(2)5-13(15)14(17)16-8-12-7-10-3-4-11(12)6-10/h9-13H,3-8,15H2,1-2H3,(H,16,17)/t10?,11?,12?,13-/m0/s1. The Kier molecular flexibility index (Phi) is 4.08. The van der Waals surface area contributed by atoms with Crippen LogP contribution in [0.15, 0.2) is 0 Å². The molecule has 2 saturated carbocycles. The third-order valence-electron chi connectivity index (χ3n) is 4.49. The van der Waals surface area contributed by atoms with Crippen LogP contribution in [0.3, 0.4) is 0 Å². The monoisotopic (exact) mass is 238 g/mol. The molecule has 1 amide bonds. The lowest BCUT2D eigenvalue weighted by molar-refractivity contribution is -0.122. The largest absolute Gasteiger partial charge is 0.354 e. The van der Waals surface area contributed by atoms with E-state index in [0.29, 0.717) is 5.92 Å². The van der Waals surface area contributed by atoms with Crippen LogP contribution in [0.1, 0.15) is 46.0 Å². The molecule has 3 nitrogen and oxygen atoms in total. The summed E-state index contributed by atoms with van der Waals surface area (Å²) in [5, 5.41) is 3.05. The van der Waals surface area contributed by atoms with Crippen molar-refractivity contribution in [3.05, 3.63) is 0 Å². The number of rotatable bonds is 5. The minimum absolute atomic E-state index is 0.0430. The van der Waals surface area contributed by atoms with Gasteiger partial charge in [0.1, 0.15) is 0 Å². The first kappa shape index (κ1) is 12.9. The Balaban J connectivity index is 1.69. The lowest BCUT2D eigenvalue weighted by Gasteiger charge is -2.23. The summed E-state index contributed by atoms with van der Waals surface area (Å²) in [4.78, 5) is 11.8. The Morgan fingerprint density at radius 3 is 2.65 bits per heavy atom. The quantitative estimate of drug-likeness (QED) is 0.768. The Morgan fingerprint density at radius 2 is 2.12 bits per heavy atom. The van der Waals surface area contributed by atoms with Gasteiger partial charge in [0.25, 0.3) is 0 Å². The second-order valence-corrected chi connectivity index (χ2v) is 6.42. The Bertz CT molecular complexity index is 277. The van der Waals surface area contributed by atoms with Gasteiger partial charge >= 0.3 is 0 Å². The van der Waals surface area contributed by atoms with E-state index >= 15 is 0 Å². The number of nitrogens with one attached hydrogen (secondary N) is 1. The van der Waals surface area contributed by atoms with Gasteiger partial charge in [-0.15, -0.1) is 0 Å². The highest BCUT2D eigenvalue weighted by atomic mass is 16.2. The van der Waals surface area contributed by atoms with Crippen molar-refractivity contribution in [2.24, 2.45) is 29.4 Å². The highest BCUT2D eigenvalue weighted by Crippen LogP contribution is 2.47.